The lowest BCUT2D eigenvalue weighted by atomic mass is 9.99. The fourth-order valence-electron chi connectivity index (χ4n) is 1.96. The summed E-state index contributed by atoms with van der Waals surface area (Å²) in [5.74, 6) is 0. The Kier molecular flexibility index (Phi) is 4.26. The standard InChI is InChI=1S/C15H12F2N2S/c1-2-9-3-5-10(6-4-9)11-7-13(14(16)17)19-15(20)12(11)8-18/h3-7,14H,2H2,1H3,(H,19,20). The van der Waals surface area contributed by atoms with Gasteiger partial charge >= 0.3 is 0 Å². The van der Waals surface area contributed by atoms with Gasteiger partial charge in [-0.05, 0) is 23.6 Å². The molecule has 1 aromatic carbocycles. The summed E-state index contributed by atoms with van der Waals surface area (Å²) in [7, 11) is 0. The minimum absolute atomic E-state index is 0.0415. The summed E-state index contributed by atoms with van der Waals surface area (Å²) in [5.41, 5.74) is 2.23. The first kappa shape index (κ1) is 14.4. The zero-order valence-corrected chi connectivity index (χ0v) is 11.6. The maximum absolute atomic E-state index is 12.8. The Hall–Kier alpha value is -2.06. The fourth-order valence-corrected chi connectivity index (χ4v) is 2.23. The molecule has 1 N–H and O–H groups in total. The molecule has 0 fully saturated rings. The molecule has 0 aliphatic heterocycles. The summed E-state index contributed by atoms with van der Waals surface area (Å²) >= 11 is 4.98. The van der Waals surface area contributed by atoms with Gasteiger partial charge in [0.25, 0.3) is 6.43 Å². The van der Waals surface area contributed by atoms with Gasteiger partial charge in [-0.1, -0.05) is 43.4 Å². The molecule has 0 aliphatic carbocycles. The number of nitriles is 1. The number of halogens is 2. The zero-order valence-electron chi connectivity index (χ0n) is 10.8. The number of H-pyrrole nitrogens is 1. The molecule has 20 heavy (non-hydrogen) atoms. The highest BCUT2D eigenvalue weighted by atomic mass is 32.1. The highest BCUT2D eigenvalue weighted by Crippen LogP contribution is 2.28. The molecule has 5 heteroatoms. The van der Waals surface area contributed by atoms with Gasteiger partial charge in [-0.2, -0.15) is 5.26 Å². The molecular formula is C15H12F2N2S. The lowest BCUT2D eigenvalue weighted by Gasteiger charge is -2.09. The van der Waals surface area contributed by atoms with Gasteiger partial charge in [-0.25, -0.2) is 8.78 Å². The van der Waals surface area contributed by atoms with Crippen LogP contribution in [0.2, 0.25) is 0 Å². The fraction of sp³-hybridized carbons (Fsp3) is 0.200. The predicted octanol–water partition coefficient (Wildman–Crippen LogP) is 4.78. The van der Waals surface area contributed by atoms with Gasteiger partial charge in [0.2, 0.25) is 0 Å². The topological polar surface area (TPSA) is 39.6 Å². The number of aromatic amines is 1. The first-order chi connectivity index (χ1) is 9.56. The van der Waals surface area contributed by atoms with E-state index < -0.39 is 6.43 Å². The lowest BCUT2D eigenvalue weighted by Crippen LogP contribution is -1.96. The van der Waals surface area contributed by atoms with Crippen molar-refractivity contribution >= 4 is 12.2 Å². The number of aromatic nitrogens is 1. The van der Waals surface area contributed by atoms with E-state index in [0.29, 0.717) is 11.1 Å². The molecule has 0 radical (unpaired) electrons. The number of pyridine rings is 1. The summed E-state index contributed by atoms with van der Waals surface area (Å²) in [6.07, 6.45) is -1.76. The van der Waals surface area contributed by atoms with Crippen LogP contribution in [0.15, 0.2) is 30.3 Å². The molecule has 0 unspecified atom stereocenters. The maximum Gasteiger partial charge on any atom is 0.278 e. The van der Waals surface area contributed by atoms with Crippen molar-refractivity contribution in [2.24, 2.45) is 0 Å². The zero-order chi connectivity index (χ0) is 14.7. The summed E-state index contributed by atoms with van der Waals surface area (Å²) in [6, 6.07) is 10.7. The average molecular weight is 290 g/mol. The van der Waals surface area contributed by atoms with Crippen molar-refractivity contribution < 1.29 is 8.78 Å². The number of hydrogen-bond donors (Lipinski definition) is 1. The molecule has 0 bridgehead atoms. The molecule has 0 aliphatic rings. The average Bonchev–Trinajstić information content (AvgIpc) is 2.46. The summed E-state index contributed by atoms with van der Waals surface area (Å²) in [4.78, 5) is 2.40. The number of aryl methyl sites for hydroxylation is 1. The van der Waals surface area contributed by atoms with E-state index in [1.165, 1.54) is 6.07 Å². The van der Waals surface area contributed by atoms with E-state index in [1.54, 1.807) is 0 Å². The van der Waals surface area contributed by atoms with E-state index in [4.69, 9.17) is 17.5 Å². The van der Waals surface area contributed by atoms with E-state index in [9.17, 15) is 8.78 Å². The van der Waals surface area contributed by atoms with Crippen LogP contribution in [-0.2, 0) is 6.42 Å². The second-order valence-electron chi connectivity index (χ2n) is 4.31. The van der Waals surface area contributed by atoms with Gasteiger partial charge in [0, 0.05) is 5.56 Å². The Morgan fingerprint density at radius 3 is 2.45 bits per heavy atom. The minimum Gasteiger partial charge on any atom is -0.344 e. The first-order valence-corrected chi connectivity index (χ1v) is 6.52. The van der Waals surface area contributed by atoms with Crippen molar-refractivity contribution in [2.45, 2.75) is 19.8 Å². The van der Waals surface area contributed by atoms with Gasteiger partial charge in [0.1, 0.15) is 10.7 Å². The molecular weight excluding hydrogens is 278 g/mol. The van der Waals surface area contributed by atoms with E-state index in [-0.39, 0.29) is 15.9 Å². The molecule has 1 heterocycles. The van der Waals surface area contributed by atoms with Gasteiger partial charge in [0.15, 0.2) is 0 Å². The van der Waals surface area contributed by atoms with Crippen LogP contribution >= 0.6 is 12.2 Å². The van der Waals surface area contributed by atoms with Crippen LogP contribution in [0.3, 0.4) is 0 Å². The van der Waals surface area contributed by atoms with Crippen LogP contribution in [-0.4, -0.2) is 4.98 Å². The van der Waals surface area contributed by atoms with Crippen LogP contribution in [0.4, 0.5) is 8.78 Å². The van der Waals surface area contributed by atoms with Crippen molar-refractivity contribution in [3.63, 3.8) is 0 Å². The molecule has 102 valence electrons. The number of nitrogens with zero attached hydrogens (tertiary/aromatic N) is 1. The highest BCUT2D eigenvalue weighted by Gasteiger charge is 2.14. The summed E-state index contributed by atoms with van der Waals surface area (Å²) < 4.78 is 25.7. The Balaban J connectivity index is 2.64. The molecule has 1 aromatic heterocycles. The summed E-state index contributed by atoms with van der Waals surface area (Å²) in [5, 5.41) is 9.17. The highest BCUT2D eigenvalue weighted by molar-refractivity contribution is 7.71. The van der Waals surface area contributed by atoms with Crippen molar-refractivity contribution in [1.82, 2.24) is 4.98 Å². The first-order valence-electron chi connectivity index (χ1n) is 6.11. The van der Waals surface area contributed by atoms with Crippen LogP contribution in [0.25, 0.3) is 11.1 Å². The number of benzene rings is 1. The van der Waals surface area contributed by atoms with Crippen molar-refractivity contribution in [3.05, 3.63) is 51.8 Å². The number of alkyl halides is 2. The molecule has 2 rings (SSSR count). The van der Waals surface area contributed by atoms with Gasteiger partial charge < -0.3 is 4.98 Å². The maximum atomic E-state index is 12.8. The van der Waals surface area contributed by atoms with E-state index >= 15 is 0 Å². The van der Waals surface area contributed by atoms with Gasteiger partial charge in [0.05, 0.1) is 11.3 Å². The molecule has 0 saturated carbocycles. The van der Waals surface area contributed by atoms with Crippen molar-refractivity contribution in [3.8, 4) is 17.2 Å². The normalized spacial score (nSPS) is 10.6. The van der Waals surface area contributed by atoms with Crippen LogP contribution in [0, 0.1) is 16.0 Å². The van der Waals surface area contributed by atoms with E-state index in [1.807, 2.05) is 37.3 Å². The Morgan fingerprint density at radius 1 is 1.30 bits per heavy atom. The van der Waals surface area contributed by atoms with Crippen LogP contribution in [0.1, 0.15) is 30.2 Å². The molecule has 0 atom stereocenters. The van der Waals surface area contributed by atoms with Crippen LogP contribution in [0.5, 0.6) is 0 Å². The number of hydrogen-bond acceptors (Lipinski definition) is 2. The third-order valence-corrected chi connectivity index (χ3v) is 3.38. The largest absolute Gasteiger partial charge is 0.344 e. The summed E-state index contributed by atoms with van der Waals surface area (Å²) in [6.45, 7) is 2.03. The second-order valence-corrected chi connectivity index (χ2v) is 4.71. The second kappa shape index (κ2) is 5.93. The molecule has 0 saturated heterocycles. The third kappa shape index (κ3) is 2.75. The lowest BCUT2D eigenvalue weighted by molar-refractivity contribution is 0.146. The number of rotatable bonds is 3. The minimum atomic E-state index is -2.65. The van der Waals surface area contributed by atoms with Crippen molar-refractivity contribution in [1.29, 1.82) is 5.26 Å². The molecule has 2 aromatic rings. The third-order valence-electron chi connectivity index (χ3n) is 3.07. The molecule has 2 nitrogen and oxygen atoms in total. The SMILES string of the molecule is CCc1ccc(-c2cc(C(F)F)[nH]c(=S)c2C#N)cc1. The molecule has 0 amide bonds. The molecule has 0 spiro atoms. The smallest absolute Gasteiger partial charge is 0.278 e. The van der Waals surface area contributed by atoms with E-state index in [2.05, 4.69) is 4.98 Å². The Labute approximate surface area is 120 Å². The van der Waals surface area contributed by atoms with Gasteiger partial charge in [-0.15, -0.1) is 0 Å². The van der Waals surface area contributed by atoms with Crippen molar-refractivity contribution in [2.75, 3.05) is 0 Å². The predicted molar refractivity (Wildman–Crippen MR) is 76.1 cm³/mol. The monoisotopic (exact) mass is 290 g/mol. The Morgan fingerprint density at radius 2 is 1.95 bits per heavy atom. The van der Waals surface area contributed by atoms with E-state index in [0.717, 1.165) is 12.0 Å². The number of nitrogens with one attached hydrogen (secondary N) is 1. The Bertz CT molecular complexity index is 712. The quantitative estimate of drug-likeness (QED) is 0.826. The van der Waals surface area contributed by atoms with Gasteiger partial charge in [-0.3, -0.25) is 0 Å². The van der Waals surface area contributed by atoms with Crippen LogP contribution < -0.4 is 0 Å².